The molecule has 2 aromatic carbocycles. The second kappa shape index (κ2) is 6.54. The van der Waals surface area contributed by atoms with Crippen molar-refractivity contribution in [3.63, 3.8) is 0 Å². The van der Waals surface area contributed by atoms with Crippen LogP contribution >= 0.6 is 11.6 Å². The Hall–Kier alpha value is -2.46. The highest BCUT2D eigenvalue weighted by Gasteiger charge is 2.18. The van der Waals surface area contributed by atoms with E-state index >= 15 is 0 Å². The van der Waals surface area contributed by atoms with Crippen molar-refractivity contribution in [2.75, 3.05) is 5.32 Å². The lowest BCUT2D eigenvalue weighted by atomic mass is 10.0. The van der Waals surface area contributed by atoms with E-state index in [4.69, 9.17) is 11.6 Å². The predicted octanol–water partition coefficient (Wildman–Crippen LogP) is 4.22. The number of carbonyl (C=O) groups excluding carboxylic acids is 2. The quantitative estimate of drug-likeness (QED) is 0.677. The summed E-state index contributed by atoms with van der Waals surface area (Å²) in [6, 6.07) is 10.1. The molecule has 0 spiro atoms. The number of rotatable bonds is 4. The third kappa shape index (κ3) is 3.40. The molecule has 0 unspecified atom stereocenters. The molecule has 3 nitrogen and oxygen atoms in total. The molecule has 0 aliphatic heterocycles. The number of ketones is 1. The zero-order valence-electron chi connectivity index (χ0n) is 11.8. The summed E-state index contributed by atoms with van der Waals surface area (Å²) in [5, 5.41) is 2.88. The van der Waals surface area contributed by atoms with Crippen molar-refractivity contribution in [1.82, 2.24) is 0 Å². The monoisotopic (exact) mass is 317 g/mol. The molecule has 0 aliphatic carbocycles. The summed E-state index contributed by atoms with van der Waals surface area (Å²) < 4.78 is 13.8. The molecule has 2 aromatic rings. The molecule has 1 N–H and O–H groups in total. The molecule has 0 aromatic heterocycles. The Balaban J connectivity index is 2.47. The largest absolute Gasteiger partial charge is 0.322 e. The van der Waals surface area contributed by atoms with Gasteiger partial charge in [0.1, 0.15) is 5.82 Å². The minimum atomic E-state index is -0.635. The minimum Gasteiger partial charge on any atom is -0.322 e. The van der Waals surface area contributed by atoms with Gasteiger partial charge < -0.3 is 5.32 Å². The van der Waals surface area contributed by atoms with Gasteiger partial charge >= 0.3 is 0 Å². The first-order valence-corrected chi connectivity index (χ1v) is 6.83. The number of nitrogens with one attached hydrogen (secondary N) is 1. The van der Waals surface area contributed by atoms with E-state index in [2.05, 4.69) is 11.9 Å². The molecule has 0 saturated carbocycles. The average molecular weight is 318 g/mol. The molecule has 0 saturated heterocycles. The summed E-state index contributed by atoms with van der Waals surface area (Å²) in [5.74, 6) is -1.62. The van der Waals surface area contributed by atoms with Crippen LogP contribution in [0.25, 0.3) is 0 Å². The molecule has 22 heavy (non-hydrogen) atoms. The van der Waals surface area contributed by atoms with Crippen LogP contribution in [0.2, 0.25) is 5.02 Å². The van der Waals surface area contributed by atoms with Gasteiger partial charge in [-0.05, 0) is 37.3 Å². The topological polar surface area (TPSA) is 46.2 Å². The van der Waals surface area contributed by atoms with E-state index in [1.54, 1.807) is 13.0 Å². The van der Waals surface area contributed by atoms with E-state index in [9.17, 15) is 14.0 Å². The number of hydrogen-bond acceptors (Lipinski definition) is 2. The van der Waals surface area contributed by atoms with Crippen molar-refractivity contribution < 1.29 is 14.0 Å². The van der Waals surface area contributed by atoms with Crippen LogP contribution in [-0.2, 0) is 4.79 Å². The van der Waals surface area contributed by atoms with Crippen molar-refractivity contribution in [2.24, 2.45) is 0 Å². The van der Waals surface area contributed by atoms with E-state index in [-0.39, 0.29) is 16.8 Å². The van der Waals surface area contributed by atoms with Gasteiger partial charge in [0.25, 0.3) is 5.91 Å². The molecule has 0 bridgehead atoms. The van der Waals surface area contributed by atoms with Crippen LogP contribution in [0.4, 0.5) is 10.1 Å². The lowest BCUT2D eigenvalue weighted by molar-refractivity contribution is -0.112. The van der Waals surface area contributed by atoms with Gasteiger partial charge in [-0.1, -0.05) is 30.3 Å². The fraction of sp³-hybridized carbons (Fsp3) is 0.0588. The first-order valence-electron chi connectivity index (χ1n) is 6.46. The Bertz CT molecular complexity index is 771. The summed E-state index contributed by atoms with van der Waals surface area (Å²) in [6.45, 7) is 5.08. The number of halogens is 2. The first kappa shape index (κ1) is 15.9. The van der Waals surface area contributed by atoms with Crippen LogP contribution in [0.3, 0.4) is 0 Å². The molecule has 0 radical (unpaired) electrons. The summed E-state index contributed by atoms with van der Waals surface area (Å²) in [6.07, 6.45) is 0. The van der Waals surface area contributed by atoms with Gasteiger partial charge in [0, 0.05) is 16.2 Å². The second-order valence-corrected chi connectivity index (χ2v) is 5.17. The van der Waals surface area contributed by atoms with Gasteiger partial charge in [0.2, 0.25) is 0 Å². The number of anilines is 1. The van der Waals surface area contributed by atoms with Crippen LogP contribution in [0.5, 0.6) is 0 Å². The van der Waals surface area contributed by atoms with Gasteiger partial charge in [-0.3, -0.25) is 9.59 Å². The van der Waals surface area contributed by atoms with Crippen molar-refractivity contribution in [3.05, 3.63) is 76.6 Å². The standard InChI is InChI=1S/C17H13ClFNO2/c1-10(2)17(22)20-15-8-7-11(18)9-13(15)16(21)12-5-3-4-6-14(12)19/h3-9H,1H2,2H3,(H,20,22). The van der Waals surface area contributed by atoms with Crippen LogP contribution in [-0.4, -0.2) is 11.7 Å². The first-order chi connectivity index (χ1) is 10.4. The zero-order valence-corrected chi connectivity index (χ0v) is 12.6. The van der Waals surface area contributed by atoms with Crippen molar-refractivity contribution >= 4 is 29.0 Å². The maximum Gasteiger partial charge on any atom is 0.250 e. The smallest absolute Gasteiger partial charge is 0.250 e. The Kier molecular flexibility index (Phi) is 4.73. The second-order valence-electron chi connectivity index (χ2n) is 4.73. The molecule has 0 aliphatic rings. The third-order valence-electron chi connectivity index (χ3n) is 2.98. The van der Waals surface area contributed by atoms with Crippen LogP contribution in [0.15, 0.2) is 54.6 Å². The molecule has 112 valence electrons. The molecule has 5 heteroatoms. The number of amides is 1. The summed E-state index contributed by atoms with van der Waals surface area (Å²) >= 11 is 5.91. The molecular formula is C17H13ClFNO2. The summed E-state index contributed by atoms with van der Waals surface area (Å²) in [7, 11) is 0. The third-order valence-corrected chi connectivity index (χ3v) is 3.22. The fourth-order valence-corrected chi connectivity index (χ4v) is 2.00. The molecule has 1 amide bonds. The highest BCUT2D eigenvalue weighted by atomic mass is 35.5. The maximum absolute atomic E-state index is 13.8. The van der Waals surface area contributed by atoms with Gasteiger partial charge in [0.15, 0.2) is 5.78 Å². The Morgan fingerprint density at radius 1 is 1.14 bits per heavy atom. The SMILES string of the molecule is C=C(C)C(=O)Nc1ccc(Cl)cc1C(=O)c1ccccc1F. The van der Waals surface area contributed by atoms with Crippen molar-refractivity contribution in [2.45, 2.75) is 6.92 Å². The van der Waals surface area contributed by atoms with E-state index in [1.165, 1.54) is 36.4 Å². The van der Waals surface area contributed by atoms with E-state index in [1.807, 2.05) is 0 Å². The Morgan fingerprint density at radius 2 is 1.82 bits per heavy atom. The predicted molar refractivity (Wildman–Crippen MR) is 84.7 cm³/mol. The maximum atomic E-state index is 13.8. The molecule has 0 heterocycles. The molecule has 0 atom stereocenters. The highest BCUT2D eigenvalue weighted by Crippen LogP contribution is 2.25. The van der Waals surface area contributed by atoms with E-state index in [0.29, 0.717) is 10.6 Å². The summed E-state index contributed by atoms with van der Waals surface area (Å²) in [4.78, 5) is 24.3. The average Bonchev–Trinajstić information content (AvgIpc) is 2.48. The van der Waals surface area contributed by atoms with Gasteiger partial charge in [-0.2, -0.15) is 0 Å². The zero-order chi connectivity index (χ0) is 16.3. The highest BCUT2D eigenvalue weighted by molar-refractivity contribution is 6.31. The van der Waals surface area contributed by atoms with Crippen LogP contribution in [0.1, 0.15) is 22.8 Å². The molecular weight excluding hydrogens is 305 g/mol. The normalized spacial score (nSPS) is 10.1. The minimum absolute atomic E-state index is 0.0874. The van der Waals surface area contributed by atoms with Gasteiger partial charge in [-0.25, -0.2) is 4.39 Å². The van der Waals surface area contributed by atoms with Crippen molar-refractivity contribution in [1.29, 1.82) is 0 Å². The Morgan fingerprint density at radius 3 is 2.45 bits per heavy atom. The molecule has 2 rings (SSSR count). The summed E-state index contributed by atoms with van der Waals surface area (Å²) in [5.41, 5.74) is 0.577. The van der Waals surface area contributed by atoms with Crippen molar-refractivity contribution in [3.8, 4) is 0 Å². The number of carbonyl (C=O) groups is 2. The number of hydrogen-bond donors (Lipinski definition) is 1. The van der Waals surface area contributed by atoms with Crippen LogP contribution < -0.4 is 5.32 Å². The van der Waals surface area contributed by atoms with E-state index < -0.39 is 17.5 Å². The van der Waals surface area contributed by atoms with Crippen LogP contribution in [0, 0.1) is 5.82 Å². The van der Waals surface area contributed by atoms with E-state index in [0.717, 1.165) is 0 Å². The number of benzene rings is 2. The fourth-order valence-electron chi connectivity index (χ4n) is 1.83. The Labute approximate surface area is 132 Å². The lowest BCUT2D eigenvalue weighted by Gasteiger charge is -2.11. The van der Waals surface area contributed by atoms with Gasteiger partial charge in [-0.15, -0.1) is 0 Å². The molecule has 0 fully saturated rings. The van der Waals surface area contributed by atoms with Gasteiger partial charge in [0.05, 0.1) is 11.3 Å². The lowest BCUT2D eigenvalue weighted by Crippen LogP contribution is -2.15.